The average Bonchev–Trinajstić information content (AvgIpc) is 2.57. The Morgan fingerprint density at radius 3 is 2.47 bits per heavy atom. The van der Waals surface area contributed by atoms with Crippen LogP contribution in [0, 0.1) is 0 Å². The Bertz CT molecular complexity index is 342. The van der Waals surface area contributed by atoms with E-state index >= 15 is 0 Å². The topological polar surface area (TPSA) is 82.1 Å². The Morgan fingerprint density at radius 1 is 1.41 bits per heavy atom. The molecule has 0 amide bonds. The van der Waals surface area contributed by atoms with Gasteiger partial charge in [-0.1, -0.05) is 0 Å². The number of esters is 1. The van der Waals surface area contributed by atoms with E-state index in [-0.39, 0.29) is 24.2 Å². The number of ketones is 1. The lowest BCUT2D eigenvalue weighted by atomic mass is 10.1. The van der Waals surface area contributed by atoms with Gasteiger partial charge in [0.25, 0.3) is 0 Å². The van der Waals surface area contributed by atoms with Crippen molar-refractivity contribution in [2.45, 2.75) is 25.2 Å². The molecule has 0 saturated carbocycles. The number of ether oxygens (including phenoxy) is 3. The summed E-state index contributed by atoms with van der Waals surface area (Å²) in [4.78, 5) is 22.8. The largest absolute Gasteiger partial charge is 0.469 e. The van der Waals surface area contributed by atoms with E-state index in [0.717, 1.165) is 0 Å². The zero-order valence-corrected chi connectivity index (χ0v) is 10.1. The number of rotatable bonds is 5. The second kappa shape index (κ2) is 5.90. The molecule has 1 atom stereocenters. The second-order valence-corrected chi connectivity index (χ2v) is 3.63. The first-order valence-corrected chi connectivity index (χ1v) is 5.11. The van der Waals surface area contributed by atoms with E-state index < -0.39 is 18.4 Å². The van der Waals surface area contributed by atoms with Gasteiger partial charge in [-0.2, -0.15) is 0 Å². The molecule has 1 N–H and O–H groups in total. The van der Waals surface area contributed by atoms with Gasteiger partial charge in [-0.15, -0.1) is 0 Å². The van der Waals surface area contributed by atoms with Crippen molar-refractivity contribution in [3.63, 3.8) is 0 Å². The highest BCUT2D eigenvalue weighted by Gasteiger charge is 2.36. The van der Waals surface area contributed by atoms with Gasteiger partial charge in [0.05, 0.1) is 19.6 Å². The summed E-state index contributed by atoms with van der Waals surface area (Å²) in [6, 6.07) is 0. The fraction of sp³-hybridized carbons (Fsp3) is 0.636. The molecule has 0 aromatic carbocycles. The third-order valence-electron chi connectivity index (χ3n) is 2.65. The molecule has 0 saturated heterocycles. The summed E-state index contributed by atoms with van der Waals surface area (Å²) in [7, 11) is 4.03. The maximum absolute atomic E-state index is 11.6. The van der Waals surface area contributed by atoms with Crippen molar-refractivity contribution in [3.05, 3.63) is 11.1 Å². The fourth-order valence-corrected chi connectivity index (χ4v) is 1.84. The summed E-state index contributed by atoms with van der Waals surface area (Å²) >= 11 is 0. The van der Waals surface area contributed by atoms with E-state index in [4.69, 9.17) is 9.47 Å². The summed E-state index contributed by atoms with van der Waals surface area (Å²) in [5.74, 6) is -0.817. The van der Waals surface area contributed by atoms with Gasteiger partial charge in [0, 0.05) is 31.8 Å². The van der Waals surface area contributed by atoms with Gasteiger partial charge in [0.1, 0.15) is 0 Å². The van der Waals surface area contributed by atoms with Crippen LogP contribution >= 0.6 is 0 Å². The van der Waals surface area contributed by atoms with Gasteiger partial charge < -0.3 is 19.3 Å². The molecule has 0 radical (unpaired) electrons. The summed E-state index contributed by atoms with van der Waals surface area (Å²) in [5, 5.41) is 9.76. The minimum absolute atomic E-state index is 0.0507. The first-order valence-electron chi connectivity index (χ1n) is 5.11. The van der Waals surface area contributed by atoms with Crippen LogP contribution in [-0.4, -0.2) is 50.6 Å². The van der Waals surface area contributed by atoms with Gasteiger partial charge in [0.15, 0.2) is 12.1 Å². The predicted octanol–water partition coefficient (Wildman–Crippen LogP) is -0.201. The van der Waals surface area contributed by atoms with Crippen LogP contribution in [0.2, 0.25) is 0 Å². The minimum Gasteiger partial charge on any atom is -0.469 e. The molecule has 0 heterocycles. The Morgan fingerprint density at radius 2 is 2.00 bits per heavy atom. The quantitative estimate of drug-likeness (QED) is 0.532. The molecule has 6 nitrogen and oxygen atoms in total. The maximum atomic E-state index is 11.6. The number of aliphatic hydroxyl groups is 1. The van der Waals surface area contributed by atoms with Gasteiger partial charge in [-0.3, -0.25) is 9.59 Å². The highest BCUT2D eigenvalue weighted by Crippen LogP contribution is 2.30. The molecular weight excluding hydrogens is 228 g/mol. The number of hydrogen-bond acceptors (Lipinski definition) is 6. The van der Waals surface area contributed by atoms with E-state index in [1.807, 2.05) is 0 Å². The third-order valence-corrected chi connectivity index (χ3v) is 2.65. The normalized spacial score (nSPS) is 20.3. The number of carbonyl (C=O) groups is 2. The van der Waals surface area contributed by atoms with Gasteiger partial charge in [0.2, 0.25) is 0 Å². The Kier molecular flexibility index (Phi) is 4.80. The van der Waals surface area contributed by atoms with Crippen LogP contribution in [0.4, 0.5) is 0 Å². The lowest BCUT2D eigenvalue weighted by Gasteiger charge is -2.18. The Labute approximate surface area is 99.2 Å². The number of aliphatic hydroxyl groups excluding tert-OH is 1. The maximum Gasteiger partial charge on any atom is 0.310 e. The molecule has 96 valence electrons. The predicted molar refractivity (Wildman–Crippen MR) is 57.1 cm³/mol. The highest BCUT2D eigenvalue weighted by atomic mass is 16.7. The van der Waals surface area contributed by atoms with E-state index in [9.17, 15) is 14.7 Å². The molecule has 0 fully saturated rings. The van der Waals surface area contributed by atoms with E-state index in [0.29, 0.717) is 5.57 Å². The van der Waals surface area contributed by atoms with Crippen molar-refractivity contribution >= 4 is 11.8 Å². The number of methoxy groups -OCH3 is 3. The third kappa shape index (κ3) is 2.91. The second-order valence-electron chi connectivity index (χ2n) is 3.63. The van der Waals surface area contributed by atoms with Gasteiger partial charge >= 0.3 is 5.97 Å². The Balaban J connectivity index is 3.04. The molecule has 17 heavy (non-hydrogen) atoms. The summed E-state index contributed by atoms with van der Waals surface area (Å²) in [5.41, 5.74) is 0.531. The molecular formula is C11H16O6. The standard InChI is InChI=1S/C11H16O6/c1-15-9(14)4-6-7(12)5-8(13)10(6)11(16-2)17-3/h8,11,13H,4-5H2,1-3H3/t8-/m1/s1. The van der Waals surface area contributed by atoms with Crippen molar-refractivity contribution in [2.24, 2.45) is 0 Å². The van der Waals surface area contributed by atoms with Crippen molar-refractivity contribution in [1.82, 2.24) is 0 Å². The van der Waals surface area contributed by atoms with Gasteiger partial charge in [-0.05, 0) is 0 Å². The number of Topliss-reactive ketones (excluding diaryl/α,β-unsaturated/α-hetero) is 1. The van der Waals surface area contributed by atoms with Crippen LogP contribution in [0.1, 0.15) is 12.8 Å². The summed E-state index contributed by atoms with van der Waals surface area (Å²) in [6.45, 7) is 0. The van der Waals surface area contributed by atoms with Gasteiger partial charge in [-0.25, -0.2) is 0 Å². The smallest absolute Gasteiger partial charge is 0.310 e. The lowest BCUT2D eigenvalue weighted by Crippen LogP contribution is -2.24. The first-order chi connectivity index (χ1) is 8.04. The highest BCUT2D eigenvalue weighted by molar-refractivity contribution is 6.03. The monoisotopic (exact) mass is 244 g/mol. The molecule has 0 aromatic rings. The van der Waals surface area contributed by atoms with Crippen molar-refractivity contribution in [3.8, 4) is 0 Å². The summed E-state index contributed by atoms with van der Waals surface area (Å²) < 4.78 is 14.5. The van der Waals surface area contributed by atoms with E-state index in [2.05, 4.69) is 4.74 Å². The molecule has 0 aliphatic heterocycles. The molecule has 1 aliphatic rings. The van der Waals surface area contributed by atoms with Crippen molar-refractivity contribution in [2.75, 3.05) is 21.3 Å². The first kappa shape index (κ1) is 13.8. The molecule has 0 aromatic heterocycles. The zero-order valence-electron chi connectivity index (χ0n) is 10.1. The van der Waals surface area contributed by atoms with E-state index in [1.165, 1.54) is 21.3 Å². The van der Waals surface area contributed by atoms with Crippen LogP contribution in [0.15, 0.2) is 11.1 Å². The van der Waals surface area contributed by atoms with Crippen LogP contribution in [0.5, 0.6) is 0 Å². The lowest BCUT2D eigenvalue weighted by molar-refractivity contribution is -0.140. The Hall–Kier alpha value is -1.24. The fourth-order valence-electron chi connectivity index (χ4n) is 1.84. The zero-order chi connectivity index (χ0) is 13.0. The molecule has 0 spiro atoms. The van der Waals surface area contributed by atoms with E-state index in [1.54, 1.807) is 0 Å². The molecule has 0 unspecified atom stereocenters. The molecule has 0 bridgehead atoms. The molecule has 1 aliphatic carbocycles. The van der Waals surface area contributed by atoms with Crippen molar-refractivity contribution in [1.29, 1.82) is 0 Å². The average molecular weight is 244 g/mol. The SMILES string of the molecule is COC(=O)CC1=C(C(OC)OC)[C@H](O)CC1=O. The van der Waals surface area contributed by atoms with Crippen LogP contribution < -0.4 is 0 Å². The summed E-state index contributed by atoms with van der Waals surface area (Å²) in [6.07, 6.45) is -2.02. The molecule has 1 rings (SSSR count). The van der Waals surface area contributed by atoms with Crippen LogP contribution in [0.3, 0.4) is 0 Å². The molecule has 6 heteroatoms. The van der Waals surface area contributed by atoms with Crippen molar-refractivity contribution < 1.29 is 28.9 Å². The number of carbonyl (C=O) groups excluding carboxylic acids is 2. The minimum atomic E-state index is -0.966. The number of hydrogen-bond donors (Lipinski definition) is 1. The van der Waals surface area contributed by atoms with Crippen LogP contribution in [0.25, 0.3) is 0 Å². The van der Waals surface area contributed by atoms with Crippen LogP contribution in [-0.2, 0) is 23.8 Å².